The standard InChI is InChI=1S/C27H28N2O3.C23H19BrN2O2/c1-29-24-17-25(32-3)22(20-11-5-4-6-12-20)16-23(24)27(28-18-26(29)30)21-13-7-9-19(15-21)10-8-14-31-2;1-26-20-13-21(28-2)17(15-8-4-3-5-9-15)12-18(20)23(25-14-22(26)27)16-10-6-7-11-19(16)24/h4-7,9,11-13,15-17H,8,10,14,18H2,1-3H3;3-13H,14H2,1-2H3. The van der Waals surface area contributed by atoms with Gasteiger partial charge in [0.15, 0.2) is 0 Å². The molecule has 0 saturated heterocycles. The summed E-state index contributed by atoms with van der Waals surface area (Å²) in [5.74, 6) is 1.34. The highest BCUT2D eigenvalue weighted by Crippen LogP contribution is 2.40. The highest BCUT2D eigenvalue weighted by atomic mass is 79.9. The van der Waals surface area contributed by atoms with Gasteiger partial charge in [0, 0.05) is 77.8 Å². The SMILES string of the molecule is COCCCc1cccc(C2=NCC(=O)N(C)c3cc(OC)c(-c4ccccc4)cc32)c1.COc1cc2c(cc1-c1ccccc1)C(c1ccccc1Br)=NCC(=O)N2C. The molecule has 0 N–H and O–H groups in total. The molecule has 9 nitrogen and oxygen atoms in total. The van der Waals surface area contributed by atoms with E-state index >= 15 is 0 Å². The molecule has 60 heavy (non-hydrogen) atoms. The number of anilines is 2. The van der Waals surface area contributed by atoms with Crippen molar-refractivity contribution in [1.29, 1.82) is 0 Å². The van der Waals surface area contributed by atoms with Gasteiger partial charge < -0.3 is 24.0 Å². The molecule has 0 spiro atoms. The maximum Gasteiger partial charge on any atom is 0.248 e. The average molecular weight is 864 g/mol. The van der Waals surface area contributed by atoms with E-state index in [1.54, 1.807) is 45.2 Å². The molecular weight excluding hydrogens is 816 g/mol. The summed E-state index contributed by atoms with van der Waals surface area (Å²) in [7, 11) is 8.60. The summed E-state index contributed by atoms with van der Waals surface area (Å²) in [5, 5.41) is 0. The van der Waals surface area contributed by atoms with Crippen molar-refractivity contribution in [3.05, 3.63) is 166 Å². The van der Waals surface area contributed by atoms with Gasteiger partial charge in [-0.3, -0.25) is 19.6 Å². The summed E-state index contributed by atoms with van der Waals surface area (Å²) >= 11 is 3.63. The van der Waals surface area contributed by atoms with E-state index < -0.39 is 0 Å². The topological polar surface area (TPSA) is 93.0 Å². The number of likely N-dealkylation sites (N-methyl/N-ethyl adjacent to an activating group) is 2. The predicted octanol–water partition coefficient (Wildman–Crippen LogP) is 9.69. The van der Waals surface area contributed by atoms with Gasteiger partial charge in [-0.1, -0.05) is 113 Å². The van der Waals surface area contributed by atoms with Crippen LogP contribution in [0, 0.1) is 0 Å². The van der Waals surface area contributed by atoms with Crippen molar-refractivity contribution >= 4 is 50.5 Å². The summed E-state index contributed by atoms with van der Waals surface area (Å²) < 4.78 is 17.5. The molecule has 0 atom stereocenters. The third-order valence-electron chi connectivity index (χ3n) is 10.7. The summed E-state index contributed by atoms with van der Waals surface area (Å²) in [4.78, 5) is 38.0. The number of aliphatic imine (C=N–C) groups is 2. The molecule has 0 bridgehead atoms. The Morgan fingerprint density at radius 1 is 0.550 bits per heavy atom. The number of hydrogen-bond donors (Lipinski definition) is 0. The first kappa shape index (κ1) is 41.8. The lowest BCUT2D eigenvalue weighted by molar-refractivity contribution is -0.117. The monoisotopic (exact) mass is 862 g/mol. The Bertz CT molecular complexity index is 2570. The zero-order chi connectivity index (χ0) is 42.2. The van der Waals surface area contributed by atoms with Crippen molar-refractivity contribution in [2.45, 2.75) is 12.8 Å². The second kappa shape index (κ2) is 19.1. The van der Waals surface area contributed by atoms with E-state index in [2.05, 4.69) is 69.5 Å². The summed E-state index contributed by atoms with van der Waals surface area (Å²) in [5.41, 5.74) is 12.3. The normalized spacial score (nSPS) is 13.5. The zero-order valence-corrected chi connectivity index (χ0v) is 36.0. The van der Waals surface area contributed by atoms with Crippen LogP contribution < -0.4 is 19.3 Å². The van der Waals surface area contributed by atoms with E-state index in [1.807, 2.05) is 84.9 Å². The number of hydrogen-bond acceptors (Lipinski definition) is 7. The molecule has 8 rings (SSSR count). The molecular formula is C50H47BrN4O5. The van der Waals surface area contributed by atoms with Crippen molar-refractivity contribution in [1.82, 2.24) is 0 Å². The van der Waals surface area contributed by atoms with Crippen LogP contribution in [-0.4, -0.2) is 78.4 Å². The van der Waals surface area contributed by atoms with Crippen LogP contribution in [0.2, 0.25) is 0 Å². The van der Waals surface area contributed by atoms with Crippen LogP contribution in [-0.2, 0) is 20.7 Å². The third-order valence-corrected chi connectivity index (χ3v) is 11.4. The molecule has 0 radical (unpaired) electrons. The van der Waals surface area contributed by atoms with Gasteiger partial charge in [-0.25, -0.2) is 0 Å². The lowest BCUT2D eigenvalue weighted by Gasteiger charge is -2.21. The lowest BCUT2D eigenvalue weighted by Crippen LogP contribution is -2.27. The Morgan fingerprint density at radius 3 is 1.58 bits per heavy atom. The third kappa shape index (κ3) is 8.95. The van der Waals surface area contributed by atoms with Crippen LogP contribution in [0.15, 0.2) is 148 Å². The van der Waals surface area contributed by atoms with E-state index in [4.69, 9.17) is 19.2 Å². The number of methoxy groups -OCH3 is 3. The lowest BCUT2D eigenvalue weighted by atomic mass is 9.93. The molecule has 6 aromatic rings. The number of fused-ring (bicyclic) bond motifs is 2. The van der Waals surface area contributed by atoms with Crippen molar-refractivity contribution in [2.24, 2.45) is 9.98 Å². The van der Waals surface area contributed by atoms with E-state index in [-0.39, 0.29) is 24.9 Å². The minimum atomic E-state index is -0.0576. The van der Waals surface area contributed by atoms with E-state index in [9.17, 15) is 9.59 Å². The largest absolute Gasteiger partial charge is 0.496 e. The zero-order valence-electron chi connectivity index (χ0n) is 34.4. The highest BCUT2D eigenvalue weighted by Gasteiger charge is 2.27. The number of aryl methyl sites for hydroxylation is 1. The number of rotatable bonds is 10. The van der Waals surface area contributed by atoms with Gasteiger partial charge in [0.05, 0.1) is 37.0 Å². The molecule has 0 fully saturated rings. The number of amides is 2. The number of nitrogens with zero attached hydrogens (tertiary/aromatic N) is 4. The second-order valence-corrected chi connectivity index (χ2v) is 15.2. The summed E-state index contributed by atoms with van der Waals surface area (Å²) in [6.45, 7) is 0.940. The van der Waals surface area contributed by atoms with Crippen LogP contribution in [0.5, 0.6) is 11.5 Å². The molecule has 0 aliphatic carbocycles. The average Bonchev–Trinajstić information content (AvgIpc) is 3.49. The van der Waals surface area contributed by atoms with Crippen molar-refractivity contribution < 1.29 is 23.8 Å². The van der Waals surface area contributed by atoms with Gasteiger partial charge in [0.2, 0.25) is 11.8 Å². The Labute approximate surface area is 360 Å². The summed E-state index contributed by atoms with van der Waals surface area (Å²) in [6.07, 6.45) is 1.89. The highest BCUT2D eigenvalue weighted by molar-refractivity contribution is 9.10. The maximum atomic E-state index is 12.7. The Balaban J connectivity index is 0.000000183. The van der Waals surface area contributed by atoms with E-state index in [0.29, 0.717) is 0 Å². The van der Waals surface area contributed by atoms with Gasteiger partial charge in [0.1, 0.15) is 24.6 Å². The Morgan fingerprint density at radius 2 is 1.05 bits per heavy atom. The number of carbonyl (C=O) groups excluding carboxylic acids is 2. The Kier molecular flexibility index (Phi) is 13.3. The molecule has 0 aromatic heterocycles. The second-order valence-electron chi connectivity index (χ2n) is 14.4. The van der Waals surface area contributed by atoms with E-state index in [1.165, 1.54) is 5.56 Å². The fourth-order valence-corrected chi connectivity index (χ4v) is 7.94. The van der Waals surface area contributed by atoms with E-state index in [0.717, 1.165) is 103 Å². The maximum absolute atomic E-state index is 12.7. The minimum Gasteiger partial charge on any atom is -0.496 e. The quantitative estimate of drug-likeness (QED) is 0.128. The molecule has 2 heterocycles. The van der Waals surface area contributed by atoms with Gasteiger partial charge in [-0.2, -0.15) is 0 Å². The smallest absolute Gasteiger partial charge is 0.248 e. The van der Waals surface area contributed by atoms with Crippen LogP contribution in [0.4, 0.5) is 11.4 Å². The van der Waals surface area contributed by atoms with Gasteiger partial charge in [-0.05, 0) is 53.8 Å². The number of benzodiazepines with no additional fused rings is 2. The first-order chi connectivity index (χ1) is 29.2. The van der Waals surface area contributed by atoms with Crippen molar-refractivity contribution in [3.63, 3.8) is 0 Å². The van der Waals surface area contributed by atoms with Gasteiger partial charge in [0.25, 0.3) is 0 Å². The number of carbonyl (C=O) groups is 2. The number of benzene rings is 6. The first-order valence-corrected chi connectivity index (χ1v) is 20.5. The number of ether oxygens (including phenoxy) is 3. The minimum absolute atomic E-state index is 0.0491. The molecule has 10 heteroatoms. The molecule has 0 unspecified atom stereocenters. The van der Waals surface area contributed by atoms with Crippen LogP contribution in [0.1, 0.15) is 34.2 Å². The number of halogens is 1. The van der Waals surface area contributed by atoms with Crippen LogP contribution >= 0.6 is 15.9 Å². The Hall–Kier alpha value is -6.36. The fraction of sp³-hybridized carbons (Fsp3) is 0.200. The van der Waals surface area contributed by atoms with Crippen molar-refractivity contribution in [2.75, 3.05) is 64.9 Å². The molecule has 304 valence electrons. The predicted molar refractivity (Wildman–Crippen MR) is 245 cm³/mol. The first-order valence-electron chi connectivity index (χ1n) is 19.7. The molecule has 0 saturated carbocycles. The molecule has 2 aliphatic heterocycles. The van der Waals surface area contributed by atoms with Crippen molar-refractivity contribution in [3.8, 4) is 33.8 Å². The molecule has 6 aromatic carbocycles. The van der Waals surface area contributed by atoms with Crippen LogP contribution in [0.3, 0.4) is 0 Å². The molecule has 2 amide bonds. The van der Waals surface area contributed by atoms with Gasteiger partial charge in [-0.15, -0.1) is 0 Å². The molecule has 2 aliphatic rings. The fourth-order valence-electron chi connectivity index (χ4n) is 7.47. The van der Waals surface area contributed by atoms with Crippen LogP contribution in [0.25, 0.3) is 22.3 Å². The summed E-state index contributed by atoms with van der Waals surface area (Å²) in [6, 6.07) is 44.6. The van der Waals surface area contributed by atoms with Gasteiger partial charge >= 0.3 is 0 Å².